The summed E-state index contributed by atoms with van der Waals surface area (Å²) in [5.74, 6) is 5.16. The van der Waals surface area contributed by atoms with Gasteiger partial charge < -0.3 is 5.11 Å². The first-order chi connectivity index (χ1) is 10.7. The van der Waals surface area contributed by atoms with E-state index in [1.165, 1.54) is 12.8 Å². The van der Waals surface area contributed by atoms with Gasteiger partial charge in [0.05, 0.1) is 6.10 Å². The fraction of sp³-hybridized carbons (Fsp3) is 0.571. The van der Waals surface area contributed by atoms with Crippen molar-refractivity contribution in [3.05, 3.63) is 48.6 Å². The Morgan fingerprint density at radius 3 is 2.17 bits per heavy atom. The molecule has 6 rings (SSSR count). The number of fused-ring (bicyclic) bond motifs is 10. The Bertz CT molecular complexity index is 626. The molecular formula is C21H26O2. The number of aliphatic hydroxyl groups is 1. The van der Waals surface area contributed by atoms with E-state index in [1.807, 2.05) is 6.08 Å². The summed E-state index contributed by atoms with van der Waals surface area (Å²) < 4.78 is 0. The number of carbonyl (C=O) groups excluding carboxylic acids is 1. The summed E-state index contributed by atoms with van der Waals surface area (Å²) in [7, 11) is 0. The number of rotatable bonds is 0. The number of hydrogen-bond acceptors (Lipinski definition) is 2. The summed E-state index contributed by atoms with van der Waals surface area (Å²) in [6.45, 7) is 0. The van der Waals surface area contributed by atoms with Gasteiger partial charge >= 0.3 is 0 Å². The average molecular weight is 310 g/mol. The Labute approximate surface area is 138 Å². The van der Waals surface area contributed by atoms with Gasteiger partial charge in [-0.3, -0.25) is 4.79 Å². The third-order valence-corrected chi connectivity index (χ3v) is 6.84. The minimum Gasteiger partial charge on any atom is -0.389 e. The van der Waals surface area contributed by atoms with Crippen molar-refractivity contribution in [2.24, 2.45) is 47.3 Å². The largest absolute Gasteiger partial charge is 0.389 e. The van der Waals surface area contributed by atoms with Crippen LogP contribution >= 0.6 is 0 Å². The van der Waals surface area contributed by atoms with E-state index in [2.05, 4.69) is 36.5 Å². The van der Waals surface area contributed by atoms with E-state index in [0.717, 1.165) is 5.92 Å². The molecular weight excluding hydrogens is 284 g/mol. The van der Waals surface area contributed by atoms with Gasteiger partial charge in [-0.25, -0.2) is 0 Å². The molecule has 0 aliphatic heterocycles. The number of hydrogen-bond donors (Lipinski definition) is 1. The first kappa shape index (κ1) is 15.1. The van der Waals surface area contributed by atoms with E-state index in [4.69, 9.17) is 0 Å². The molecule has 0 aromatic carbocycles. The minimum atomic E-state index is -0.153. The van der Waals surface area contributed by atoms with Crippen LogP contribution in [-0.2, 0) is 4.79 Å². The second kappa shape index (κ2) is 5.31. The molecule has 1 N–H and O–H groups in total. The van der Waals surface area contributed by atoms with Crippen LogP contribution in [-0.4, -0.2) is 17.0 Å². The van der Waals surface area contributed by atoms with Crippen LogP contribution < -0.4 is 0 Å². The Hall–Kier alpha value is -1.41. The van der Waals surface area contributed by atoms with E-state index < -0.39 is 0 Å². The second-order valence-electron chi connectivity index (χ2n) is 7.79. The molecule has 6 aliphatic carbocycles. The topological polar surface area (TPSA) is 37.3 Å². The third-order valence-electron chi connectivity index (χ3n) is 6.84. The van der Waals surface area contributed by atoms with E-state index >= 15 is 0 Å². The third kappa shape index (κ3) is 2.07. The lowest BCUT2D eigenvalue weighted by molar-refractivity contribution is -0.118. The summed E-state index contributed by atoms with van der Waals surface area (Å²) in [5, 5.41) is 9.60. The van der Waals surface area contributed by atoms with Crippen LogP contribution in [0.3, 0.4) is 0 Å². The molecule has 2 fully saturated rings. The van der Waals surface area contributed by atoms with E-state index in [0.29, 0.717) is 47.2 Å². The Balaban J connectivity index is 0.000000113. The molecule has 0 heterocycles. The SMILES string of the molecule is C.O=C1C=CC2C3C=CC(C3)C12.O[C@H]1C=C[C@@H]2[C@H]1[C@@H]1C=C[C@H]2C1. The molecule has 0 aromatic heterocycles. The zero-order valence-electron chi connectivity index (χ0n) is 12.6. The second-order valence-corrected chi connectivity index (χ2v) is 7.79. The van der Waals surface area contributed by atoms with Gasteiger partial charge in [0, 0.05) is 11.8 Å². The molecule has 2 heteroatoms. The average Bonchev–Trinajstić information content (AvgIpc) is 3.30. The molecule has 6 aliphatic rings. The molecule has 0 radical (unpaired) electrons. The summed E-state index contributed by atoms with van der Waals surface area (Å²) in [6.07, 6.45) is 19.6. The lowest BCUT2D eigenvalue weighted by atomic mass is 9.84. The zero-order chi connectivity index (χ0) is 14.8. The van der Waals surface area contributed by atoms with Crippen LogP contribution in [0.5, 0.6) is 0 Å². The smallest absolute Gasteiger partial charge is 0.159 e. The first-order valence-electron chi connectivity index (χ1n) is 8.67. The highest BCUT2D eigenvalue weighted by Gasteiger charge is 2.49. The molecule has 0 spiro atoms. The standard InChI is InChI=1S/C10H12O.C10H10O.CH4/c2*11-9-4-3-8-6-1-2-7(5-6)10(8)9;/h1-4,6-11H,5H2;1-4,6-8,10H,5H2;1H4/t6-,7+,8-,9-,10+;;/m0../s1. The van der Waals surface area contributed by atoms with Crippen LogP contribution in [0.1, 0.15) is 20.3 Å². The number of aliphatic hydroxyl groups excluding tert-OH is 1. The predicted molar refractivity (Wildman–Crippen MR) is 91.5 cm³/mol. The highest BCUT2D eigenvalue weighted by molar-refractivity contribution is 5.95. The maximum Gasteiger partial charge on any atom is 0.159 e. The Kier molecular flexibility index (Phi) is 3.49. The Morgan fingerprint density at radius 2 is 1.43 bits per heavy atom. The van der Waals surface area contributed by atoms with E-state index in [-0.39, 0.29) is 13.5 Å². The molecule has 0 amide bonds. The molecule has 2 saturated carbocycles. The fourth-order valence-electron chi connectivity index (χ4n) is 5.86. The zero-order valence-corrected chi connectivity index (χ0v) is 12.6. The van der Waals surface area contributed by atoms with Crippen LogP contribution in [0.4, 0.5) is 0 Å². The van der Waals surface area contributed by atoms with Gasteiger partial charge in [-0.15, -0.1) is 0 Å². The van der Waals surface area contributed by atoms with Crippen LogP contribution in [0.25, 0.3) is 0 Å². The lowest BCUT2D eigenvalue weighted by Gasteiger charge is -2.22. The van der Waals surface area contributed by atoms with Crippen molar-refractivity contribution < 1.29 is 9.90 Å². The van der Waals surface area contributed by atoms with Crippen molar-refractivity contribution in [1.29, 1.82) is 0 Å². The molecule has 4 bridgehead atoms. The van der Waals surface area contributed by atoms with Crippen molar-refractivity contribution in [2.45, 2.75) is 26.4 Å². The fourth-order valence-corrected chi connectivity index (χ4v) is 5.86. The molecule has 2 nitrogen and oxygen atoms in total. The van der Waals surface area contributed by atoms with Crippen LogP contribution in [0.15, 0.2) is 48.6 Å². The van der Waals surface area contributed by atoms with Gasteiger partial charge in [0.25, 0.3) is 0 Å². The molecule has 23 heavy (non-hydrogen) atoms. The van der Waals surface area contributed by atoms with E-state index in [9.17, 15) is 9.90 Å². The highest BCUT2D eigenvalue weighted by Crippen LogP contribution is 2.53. The van der Waals surface area contributed by atoms with Crippen LogP contribution in [0.2, 0.25) is 0 Å². The lowest BCUT2D eigenvalue weighted by Crippen LogP contribution is -2.23. The van der Waals surface area contributed by atoms with Crippen molar-refractivity contribution in [3.63, 3.8) is 0 Å². The summed E-state index contributed by atoms with van der Waals surface area (Å²) in [6, 6.07) is 0. The van der Waals surface area contributed by atoms with E-state index in [1.54, 1.807) is 6.08 Å². The number of allylic oxidation sites excluding steroid dienone is 7. The monoisotopic (exact) mass is 310 g/mol. The molecule has 0 saturated heterocycles. The molecule has 122 valence electrons. The maximum absolute atomic E-state index is 11.3. The van der Waals surface area contributed by atoms with Gasteiger partial charge in [0.15, 0.2) is 5.78 Å². The predicted octanol–water partition coefficient (Wildman–Crippen LogP) is 3.56. The number of carbonyl (C=O) groups is 1. The minimum absolute atomic E-state index is 0. The first-order valence-corrected chi connectivity index (χ1v) is 8.67. The quantitative estimate of drug-likeness (QED) is 0.695. The highest BCUT2D eigenvalue weighted by atomic mass is 16.3. The summed E-state index contributed by atoms with van der Waals surface area (Å²) >= 11 is 0. The van der Waals surface area contributed by atoms with Crippen molar-refractivity contribution in [2.75, 3.05) is 0 Å². The van der Waals surface area contributed by atoms with Gasteiger partial charge in [0.2, 0.25) is 0 Å². The van der Waals surface area contributed by atoms with Crippen molar-refractivity contribution in [3.8, 4) is 0 Å². The normalized spacial score (nSPS) is 51.7. The van der Waals surface area contributed by atoms with Gasteiger partial charge in [0.1, 0.15) is 0 Å². The van der Waals surface area contributed by atoms with Gasteiger partial charge in [-0.1, -0.05) is 50.0 Å². The summed E-state index contributed by atoms with van der Waals surface area (Å²) in [4.78, 5) is 11.3. The Morgan fingerprint density at radius 1 is 0.783 bits per heavy atom. The molecule has 0 aromatic rings. The molecule has 9 atom stereocenters. The van der Waals surface area contributed by atoms with Gasteiger partial charge in [-0.05, 0) is 54.4 Å². The van der Waals surface area contributed by atoms with Crippen molar-refractivity contribution in [1.82, 2.24) is 0 Å². The number of ketones is 1. The van der Waals surface area contributed by atoms with Crippen molar-refractivity contribution >= 4 is 5.78 Å². The molecule has 4 unspecified atom stereocenters. The maximum atomic E-state index is 11.3. The summed E-state index contributed by atoms with van der Waals surface area (Å²) in [5.41, 5.74) is 0. The van der Waals surface area contributed by atoms with Gasteiger partial charge in [-0.2, -0.15) is 0 Å². The van der Waals surface area contributed by atoms with Crippen LogP contribution in [0, 0.1) is 47.3 Å².